The fraction of sp³-hybridized carbons (Fsp3) is 0.286. The first-order valence-corrected chi connectivity index (χ1v) is 14.2. The van der Waals surface area contributed by atoms with Crippen molar-refractivity contribution in [2.45, 2.75) is 33.1 Å². The number of hydrogen-bond donors (Lipinski definition) is 0. The van der Waals surface area contributed by atoms with Crippen molar-refractivity contribution in [2.75, 3.05) is 34.5 Å². The van der Waals surface area contributed by atoms with Crippen molar-refractivity contribution in [3.05, 3.63) is 108 Å². The Balaban J connectivity index is 0.000000241. The van der Waals surface area contributed by atoms with Crippen LogP contribution < -0.4 is 18.9 Å². The summed E-state index contributed by atoms with van der Waals surface area (Å²) in [6.45, 7) is 6.41. The molecule has 2 aromatic heterocycles. The van der Waals surface area contributed by atoms with Gasteiger partial charge in [-0.3, -0.25) is 14.6 Å². The van der Waals surface area contributed by atoms with Gasteiger partial charge in [0.25, 0.3) is 0 Å². The normalized spacial score (nSPS) is 11.5. The molecule has 2 aromatic carbocycles. The summed E-state index contributed by atoms with van der Waals surface area (Å²) in [5, 5.41) is 0. The maximum atomic E-state index is 11.8. The fourth-order valence-electron chi connectivity index (χ4n) is 4.50. The number of rotatable bonds is 13. The van der Waals surface area contributed by atoms with Crippen LogP contribution in [0, 0.1) is 0 Å². The average Bonchev–Trinajstić information content (AvgIpc) is 3.58. The van der Waals surface area contributed by atoms with Gasteiger partial charge < -0.3 is 28.1 Å². The second-order valence-electron chi connectivity index (χ2n) is 9.40. The number of carbonyl (C=O) groups is 2. The Morgan fingerprint density at radius 1 is 0.818 bits per heavy atom. The Hall–Kier alpha value is -5.05. The van der Waals surface area contributed by atoms with Crippen molar-refractivity contribution in [3.63, 3.8) is 0 Å². The summed E-state index contributed by atoms with van der Waals surface area (Å²) in [5.74, 6) is 2.82. The van der Waals surface area contributed by atoms with Gasteiger partial charge in [0.2, 0.25) is 0 Å². The number of nitrogens with zero attached hydrogens (tertiary/aromatic N) is 1. The Labute approximate surface area is 258 Å². The summed E-state index contributed by atoms with van der Waals surface area (Å²) in [5.41, 5.74) is 3.52. The summed E-state index contributed by atoms with van der Waals surface area (Å²) in [4.78, 5) is 27.3. The summed E-state index contributed by atoms with van der Waals surface area (Å²) < 4.78 is 32.0. The fourth-order valence-corrected chi connectivity index (χ4v) is 4.50. The van der Waals surface area contributed by atoms with E-state index in [1.54, 1.807) is 45.0 Å². The number of furan rings is 1. The van der Waals surface area contributed by atoms with Crippen LogP contribution in [-0.4, -0.2) is 51.3 Å². The second-order valence-corrected chi connectivity index (χ2v) is 9.40. The zero-order valence-electron chi connectivity index (χ0n) is 26.0. The number of esters is 1. The molecule has 0 aliphatic rings. The molecule has 0 fully saturated rings. The molecule has 2 heterocycles. The highest BCUT2D eigenvalue weighted by Gasteiger charge is 2.20. The molecule has 0 bridgehead atoms. The lowest BCUT2D eigenvalue weighted by Crippen LogP contribution is -2.10. The van der Waals surface area contributed by atoms with Crippen LogP contribution in [0.5, 0.6) is 23.0 Å². The molecule has 0 aliphatic carbocycles. The number of ether oxygens (including phenoxy) is 5. The van der Waals surface area contributed by atoms with E-state index in [-0.39, 0.29) is 24.1 Å². The highest BCUT2D eigenvalue weighted by molar-refractivity contribution is 5.98. The summed E-state index contributed by atoms with van der Waals surface area (Å²) >= 11 is 0. The maximum Gasteiger partial charge on any atom is 0.306 e. The van der Waals surface area contributed by atoms with Gasteiger partial charge in [-0.05, 0) is 92.1 Å². The molecule has 1 atom stereocenters. The largest absolute Gasteiger partial charge is 0.493 e. The Morgan fingerprint density at radius 3 is 2.00 bits per heavy atom. The molecule has 4 aromatic rings. The summed E-state index contributed by atoms with van der Waals surface area (Å²) in [6, 6.07) is 18.7. The van der Waals surface area contributed by atoms with E-state index in [2.05, 4.69) is 4.98 Å². The molecule has 4 rings (SSSR count). The number of allylic oxidation sites excluding steroid dienone is 1. The lowest BCUT2D eigenvalue weighted by molar-refractivity contribution is -0.140. The first-order chi connectivity index (χ1) is 21.3. The first kappa shape index (κ1) is 33.5. The third-order valence-corrected chi connectivity index (χ3v) is 6.51. The van der Waals surface area contributed by atoms with Gasteiger partial charge in [-0.2, -0.15) is 0 Å². The van der Waals surface area contributed by atoms with Gasteiger partial charge >= 0.3 is 5.97 Å². The predicted octanol–water partition coefficient (Wildman–Crippen LogP) is 6.89. The highest BCUT2D eigenvalue weighted by Crippen LogP contribution is 2.36. The molecular weight excluding hydrogens is 562 g/mol. The van der Waals surface area contributed by atoms with Gasteiger partial charge in [0.1, 0.15) is 5.76 Å². The zero-order chi connectivity index (χ0) is 31.9. The standard InChI is InChI=1S/C18H21NO4.C17H18O4/c1-4-23-17-11-14(5-6-16(17)21-2)15(12-18(20)22-3)13-7-9-19-10-8-13;1-4-20-17-11-13(7-8-16(17)19-3)14(10-12(2)18)15-6-5-9-21-15/h5-11,15H,4,12H2,1-3H3;5-11H,4H2,1-3H3. The van der Waals surface area contributed by atoms with Crippen molar-refractivity contribution in [1.82, 2.24) is 4.98 Å². The van der Waals surface area contributed by atoms with E-state index in [0.29, 0.717) is 42.0 Å². The maximum absolute atomic E-state index is 11.8. The molecule has 0 amide bonds. The summed E-state index contributed by atoms with van der Waals surface area (Å²) in [7, 11) is 4.59. The summed E-state index contributed by atoms with van der Waals surface area (Å²) in [6.07, 6.45) is 6.81. The molecule has 0 spiro atoms. The lowest BCUT2D eigenvalue weighted by Gasteiger charge is -2.19. The number of benzene rings is 2. The zero-order valence-corrected chi connectivity index (χ0v) is 26.0. The molecule has 9 nitrogen and oxygen atoms in total. The third-order valence-electron chi connectivity index (χ3n) is 6.51. The molecule has 44 heavy (non-hydrogen) atoms. The van der Waals surface area contributed by atoms with Crippen LogP contribution in [0.25, 0.3) is 5.57 Å². The Morgan fingerprint density at radius 2 is 1.45 bits per heavy atom. The van der Waals surface area contributed by atoms with E-state index < -0.39 is 0 Å². The quantitative estimate of drug-likeness (QED) is 0.120. The van der Waals surface area contributed by atoms with Crippen molar-refractivity contribution in [2.24, 2.45) is 0 Å². The molecule has 0 aliphatic heterocycles. The van der Waals surface area contributed by atoms with E-state index in [4.69, 9.17) is 28.1 Å². The van der Waals surface area contributed by atoms with Crippen LogP contribution in [0.15, 0.2) is 89.8 Å². The minimum absolute atomic E-state index is 0.0461. The number of carbonyl (C=O) groups excluding carboxylic acids is 2. The van der Waals surface area contributed by atoms with Crippen LogP contribution in [0.4, 0.5) is 0 Å². The molecule has 232 valence electrons. The van der Waals surface area contributed by atoms with Gasteiger partial charge in [0.15, 0.2) is 28.8 Å². The second kappa shape index (κ2) is 17.2. The minimum atomic E-state index is -0.263. The monoisotopic (exact) mass is 601 g/mol. The van der Waals surface area contributed by atoms with Crippen LogP contribution >= 0.6 is 0 Å². The Kier molecular flexibility index (Phi) is 13.0. The molecular formula is C35H39NO8. The predicted molar refractivity (Wildman–Crippen MR) is 168 cm³/mol. The van der Waals surface area contributed by atoms with Gasteiger partial charge in [-0.25, -0.2) is 0 Å². The smallest absolute Gasteiger partial charge is 0.306 e. The number of ketones is 1. The van der Waals surface area contributed by atoms with Crippen molar-refractivity contribution >= 4 is 17.3 Å². The molecule has 0 saturated carbocycles. The molecule has 9 heteroatoms. The first-order valence-electron chi connectivity index (χ1n) is 14.2. The number of hydrogen-bond acceptors (Lipinski definition) is 9. The van der Waals surface area contributed by atoms with Crippen molar-refractivity contribution in [1.29, 1.82) is 0 Å². The van der Waals surface area contributed by atoms with E-state index >= 15 is 0 Å². The Bertz CT molecular complexity index is 1510. The van der Waals surface area contributed by atoms with E-state index in [9.17, 15) is 9.59 Å². The van der Waals surface area contributed by atoms with E-state index in [0.717, 1.165) is 22.3 Å². The molecule has 0 N–H and O–H groups in total. The van der Waals surface area contributed by atoms with E-state index in [1.807, 2.05) is 68.4 Å². The van der Waals surface area contributed by atoms with Gasteiger partial charge in [-0.1, -0.05) is 12.1 Å². The lowest BCUT2D eigenvalue weighted by atomic mass is 9.89. The minimum Gasteiger partial charge on any atom is -0.493 e. The molecule has 1 unspecified atom stereocenters. The van der Waals surface area contributed by atoms with Crippen LogP contribution in [-0.2, 0) is 14.3 Å². The van der Waals surface area contributed by atoms with Crippen molar-refractivity contribution < 1.29 is 37.7 Å². The van der Waals surface area contributed by atoms with Crippen molar-refractivity contribution in [3.8, 4) is 23.0 Å². The average molecular weight is 602 g/mol. The number of methoxy groups -OCH3 is 3. The van der Waals surface area contributed by atoms with Crippen LogP contribution in [0.3, 0.4) is 0 Å². The number of aromatic nitrogens is 1. The van der Waals surface area contributed by atoms with E-state index in [1.165, 1.54) is 14.0 Å². The van der Waals surface area contributed by atoms with Gasteiger partial charge in [0, 0.05) is 23.9 Å². The topological polar surface area (TPSA) is 106 Å². The molecule has 0 saturated heterocycles. The number of pyridine rings is 1. The SMILES string of the molecule is CCOc1cc(C(=CC(C)=O)c2ccco2)ccc1OC.CCOc1cc(C(CC(=O)OC)c2ccncc2)ccc1OC. The van der Waals surface area contributed by atoms with Crippen LogP contribution in [0.2, 0.25) is 0 Å². The molecule has 0 radical (unpaired) electrons. The van der Waals surface area contributed by atoms with Gasteiger partial charge in [-0.15, -0.1) is 0 Å². The van der Waals surface area contributed by atoms with Gasteiger partial charge in [0.05, 0.1) is 47.2 Å². The highest BCUT2D eigenvalue weighted by atomic mass is 16.5. The third kappa shape index (κ3) is 9.22. The van der Waals surface area contributed by atoms with Crippen LogP contribution in [0.1, 0.15) is 55.6 Å².